The Labute approximate surface area is 104 Å². The molecule has 4 heteroatoms. The number of carbonyl (C=O) groups excluding carboxylic acids is 1. The third kappa shape index (κ3) is 3.42. The van der Waals surface area contributed by atoms with Gasteiger partial charge >= 0.3 is 0 Å². The summed E-state index contributed by atoms with van der Waals surface area (Å²) in [6, 6.07) is 0. The molecule has 0 aromatic rings. The number of amides is 1. The lowest BCUT2D eigenvalue weighted by molar-refractivity contribution is -0.144. The van der Waals surface area contributed by atoms with Crippen LogP contribution in [0, 0.1) is 5.92 Å². The zero-order chi connectivity index (χ0) is 12.1. The summed E-state index contributed by atoms with van der Waals surface area (Å²) < 4.78 is 5.68. The number of hydrogen-bond donors (Lipinski definition) is 1. The molecule has 1 N–H and O–H groups in total. The van der Waals surface area contributed by atoms with Crippen molar-refractivity contribution in [2.75, 3.05) is 32.8 Å². The van der Waals surface area contributed by atoms with Crippen LogP contribution >= 0.6 is 0 Å². The number of ether oxygens (including phenoxy) is 1. The predicted octanol–water partition coefficient (Wildman–Crippen LogP) is 1.01. The number of rotatable bonds is 3. The maximum Gasteiger partial charge on any atom is 0.225 e. The molecule has 2 fully saturated rings. The van der Waals surface area contributed by atoms with E-state index in [1.54, 1.807) is 0 Å². The van der Waals surface area contributed by atoms with Crippen LogP contribution in [0.25, 0.3) is 0 Å². The number of nitrogens with zero attached hydrogens (tertiary/aromatic N) is 1. The second kappa shape index (κ2) is 6.36. The quantitative estimate of drug-likeness (QED) is 0.800. The van der Waals surface area contributed by atoms with Gasteiger partial charge in [0.05, 0.1) is 12.7 Å². The molecule has 17 heavy (non-hydrogen) atoms. The van der Waals surface area contributed by atoms with Gasteiger partial charge in [0, 0.05) is 19.0 Å². The van der Waals surface area contributed by atoms with Crippen molar-refractivity contribution >= 4 is 5.91 Å². The van der Waals surface area contributed by atoms with Gasteiger partial charge in [-0.25, -0.2) is 0 Å². The van der Waals surface area contributed by atoms with Gasteiger partial charge in [-0.05, 0) is 32.4 Å². The topological polar surface area (TPSA) is 41.6 Å². The molecule has 0 aromatic carbocycles. The molecule has 0 aromatic heterocycles. The van der Waals surface area contributed by atoms with Crippen molar-refractivity contribution in [3.63, 3.8) is 0 Å². The molecule has 1 unspecified atom stereocenters. The van der Waals surface area contributed by atoms with Crippen LogP contribution in [-0.4, -0.2) is 49.7 Å². The lowest BCUT2D eigenvalue weighted by Gasteiger charge is -2.36. The van der Waals surface area contributed by atoms with Crippen molar-refractivity contribution in [1.82, 2.24) is 10.2 Å². The molecule has 1 amide bonds. The van der Waals surface area contributed by atoms with Gasteiger partial charge in [-0.1, -0.05) is 13.3 Å². The van der Waals surface area contributed by atoms with Crippen LogP contribution in [0.15, 0.2) is 0 Å². The van der Waals surface area contributed by atoms with E-state index in [9.17, 15) is 4.79 Å². The standard InChI is InChI=1S/C13H24N2O2/c1-2-3-12-10-15(8-9-17-12)13(16)11-4-6-14-7-5-11/h11-12,14H,2-10H2,1H3. The third-order valence-electron chi connectivity index (χ3n) is 3.75. The third-order valence-corrected chi connectivity index (χ3v) is 3.75. The van der Waals surface area contributed by atoms with E-state index in [1.165, 1.54) is 0 Å². The Morgan fingerprint density at radius 3 is 2.88 bits per heavy atom. The second-order valence-electron chi connectivity index (χ2n) is 5.09. The highest BCUT2D eigenvalue weighted by Crippen LogP contribution is 2.18. The summed E-state index contributed by atoms with van der Waals surface area (Å²) in [6.45, 7) is 6.43. The Morgan fingerprint density at radius 1 is 1.41 bits per heavy atom. The van der Waals surface area contributed by atoms with Crippen LogP contribution in [0.5, 0.6) is 0 Å². The van der Waals surface area contributed by atoms with E-state index in [4.69, 9.17) is 4.74 Å². The Morgan fingerprint density at radius 2 is 2.18 bits per heavy atom. The van der Waals surface area contributed by atoms with E-state index in [-0.39, 0.29) is 12.0 Å². The van der Waals surface area contributed by atoms with Gasteiger partial charge in [-0.2, -0.15) is 0 Å². The molecule has 2 heterocycles. The monoisotopic (exact) mass is 240 g/mol. The fraction of sp³-hybridized carbons (Fsp3) is 0.923. The van der Waals surface area contributed by atoms with Crippen molar-refractivity contribution < 1.29 is 9.53 Å². The molecule has 2 aliphatic rings. The van der Waals surface area contributed by atoms with E-state index in [1.807, 2.05) is 4.90 Å². The predicted molar refractivity (Wildman–Crippen MR) is 66.8 cm³/mol. The second-order valence-corrected chi connectivity index (χ2v) is 5.09. The first-order valence-electron chi connectivity index (χ1n) is 6.92. The minimum atomic E-state index is 0.247. The highest BCUT2D eigenvalue weighted by Gasteiger charge is 2.29. The molecule has 1 atom stereocenters. The highest BCUT2D eigenvalue weighted by molar-refractivity contribution is 5.79. The van der Waals surface area contributed by atoms with Crippen LogP contribution < -0.4 is 5.32 Å². The van der Waals surface area contributed by atoms with Gasteiger partial charge in [0.15, 0.2) is 0 Å². The molecule has 0 saturated carbocycles. The number of carbonyl (C=O) groups is 1. The van der Waals surface area contributed by atoms with Gasteiger partial charge in [0.2, 0.25) is 5.91 Å². The van der Waals surface area contributed by atoms with Gasteiger partial charge in [-0.3, -0.25) is 4.79 Å². The molecule has 2 rings (SSSR count). The number of hydrogen-bond acceptors (Lipinski definition) is 3. The average Bonchev–Trinajstić information content (AvgIpc) is 2.40. The fourth-order valence-electron chi connectivity index (χ4n) is 2.74. The smallest absolute Gasteiger partial charge is 0.225 e. The van der Waals surface area contributed by atoms with Gasteiger partial charge in [0.25, 0.3) is 0 Å². The number of morpholine rings is 1. The summed E-state index contributed by atoms with van der Waals surface area (Å²) in [5.74, 6) is 0.604. The fourth-order valence-corrected chi connectivity index (χ4v) is 2.74. The Hall–Kier alpha value is -0.610. The van der Waals surface area contributed by atoms with Gasteiger partial charge in [0.1, 0.15) is 0 Å². The van der Waals surface area contributed by atoms with Gasteiger partial charge < -0.3 is 15.0 Å². The molecule has 2 aliphatic heterocycles. The largest absolute Gasteiger partial charge is 0.375 e. The maximum atomic E-state index is 12.3. The van der Waals surface area contributed by atoms with Crippen molar-refractivity contribution in [2.45, 2.75) is 38.7 Å². The van der Waals surface area contributed by atoms with E-state index >= 15 is 0 Å². The van der Waals surface area contributed by atoms with E-state index in [0.29, 0.717) is 12.5 Å². The lowest BCUT2D eigenvalue weighted by Crippen LogP contribution is -2.49. The average molecular weight is 240 g/mol. The Kier molecular flexibility index (Phi) is 4.80. The lowest BCUT2D eigenvalue weighted by atomic mass is 9.96. The first-order valence-corrected chi connectivity index (χ1v) is 6.92. The summed E-state index contributed by atoms with van der Waals surface area (Å²) >= 11 is 0. The molecule has 0 radical (unpaired) electrons. The zero-order valence-electron chi connectivity index (χ0n) is 10.8. The Bertz CT molecular complexity index is 250. The van der Waals surface area contributed by atoms with Crippen molar-refractivity contribution in [1.29, 1.82) is 0 Å². The summed E-state index contributed by atoms with van der Waals surface area (Å²) in [4.78, 5) is 14.4. The molecule has 98 valence electrons. The minimum absolute atomic E-state index is 0.247. The zero-order valence-corrected chi connectivity index (χ0v) is 10.8. The molecule has 0 spiro atoms. The summed E-state index contributed by atoms with van der Waals surface area (Å²) in [5.41, 5.74) is 0. The molecule has 0 bridgehead atoms. The summed E-state index contributed by atoms with van der Waals surface area (Å²) in [7, 11) is 0. The number of nitrogens with one attached hydrogen (secondary N) is 1. The molecular formula is C13H24N2O2. The van der Waals surface area contributed by atoms with E-state index in [2.05, 4.69) is 12.2 Å². The SMILES string of the molecule is CCCC1CN(C(=O)C2CCNCC2)CCO1. The maximum absolute atomic E-state index is 12.3. The van der Waals surface area contributed by atoms with Crippen molar-refractivity contribution in [3.8, 4) is 0 Å². The summed E-state index contributed by atoms with van der Waals surface area (Å²) in [6.07, 6.45) is 4.44. The van der Waals surface area contributed by atoms with Crippen LogP contribution in [0.3, 0.4) is 0 Å². The van der Waals surface area contributed by atoms with E-state index in [0.717, 1.165) is 51.9 Å². The van der Waals surface area contributed by atoms with E-state index < -0.39 is 0 Å². The molecule has 4 nitrogen and oxygen atoms in total. The minimum Gasteiger partial charge on any atom is -0.375 e. The van der Waals surface area contributed by atoms with Crippen molar-refractivity contribution in [3.05, 3.63) is 0 Å². The van der Waals surface area contributed by atoms with Crippen LogP contribution in [-0.2, 0) is 9.53 Å². The highest BCUT2D eigenvalue weighted by atomic mass is 16.5. The normalized spacial score (nSPS) is 27.1. The van der Waals surface area contributed by atoms with Crippen LogP contribution in [0.2, 0.25) is 0 Å². The first-order chi connectivity index (χ1) is 8.31. The summed E-state index contributed by atoms with van der Waals surface area (Å²) in [5, 5.41) is 3.31. The number of piperidine rings is 1. The molecular weight excluding hydrogens is 216 g/mol. The van der Waals surface area contributed by atoms with Crippen LogP contribution in [0.1, 0.15) is 32.6 Å². The first kappa shape index (κ1) is 12.8. The van der Waals surface area contributed by atoms with Crippen LogP contribution in [0.4, 0.5) is 0 Å². The van der Waals surface area contributed by atoms with Crippen molar-refractivity contribution in [2.24, 2.45) is 5.92 Å². The van der Waals surface area contributed by atoms with Gasteiger partial charge in [-0.15, -0.1) is 0 Å². The molecule has 0 aliphatic carbocycles. The Balaban J connectivity index is 1.85. The molecule has 2 saturated heterocycles.